The van der Waals surface area contributed by atoms with Gasteiger partial charge < -0.3 is 14.2 Å². The Morgan fingerprint density at radius 3 is 2.08 bits per heavy atom. The first-order valence-electron chi connectivity index (χ1n) is 10.6. The summed E-state index contributed by atoms with van der Waals surface area (Å²) in [7, 11) is 4.49. The average molecular weight is 504 g/mol. The van der Waals surface area contributed by atoms with Gasteiger partial charge >= 0.3 is 0 Å². The summed E-state index contributed by atoms with van der Waals surface area (Å²) in [5, 5.41) is 11.5. The van der Waals surface area contributed by atoms with Gasteiger partial charge in [0.25, 0.3) is 5.69 Å². The van der Waals surface area contributed by atoms with Crippen molar-refractivity contribution in [2.75, 3.05) is 21.3 Å². The Labute approximate surface area is 210 Å². The predicted molar refractivity (Wildman–Crippen MR) is 137 cm³/mol. The maximum absolute atomic E-state index is 12.7. The van der Waals surface area contributed by atoms with Crippen LogP contribution < -0.4 is 14.2 Å². The van der Waals surface area contributed by atoms with Crippen LogP contribution in [0.3, 0.4) is 0 Å². The normalized spacial score (nSPS) is 10.9. The second-order valence-electron chi connectivity index (χ2n) is 7.46. The lowest BCUT2D eigenvalue weighted by Gasteiger charge is -2.13. The minimum absolute atomic E-state index is 0.0240. The average Bonchev–Trinajstić information content (AvgIpc) is 3.41. The number of benzene rings is 3. The molecular formula is C26H21N3O6S. The van der Waals surface area contributed by atoms with Gasteiger partial charge in [0.15, 0.2) is 23.1 Å². The zero-order valence-electron chi connectivity index (χ0n) is 19.6. The van der Waals surface area contributed by atoms with Crippen LogP contribution in [-0.2, 0) is 0 Å². The van der Waals surface area contributed by atoms with Crippen molar-refractivity contribution in [2.45, 2.75) is 0 Å². The largest absolute Gasteiger partial charge is 0.493 e. The molecule has 9 nitrogen and oxygen atoms in total. The van der Waals surface area contributed by atoms with Crippen LogP contribution in [0.15, 0.2) is 66.7 Å². The molecule has 0 amide bonds. The summed E-state index contributed by atoms with van der Waals surface area (Å²) in [5.74, 6) is 1.57. The number of methoxy groups -OCH3 is 3. The van der Waals surface area contributed by atoms with Gasteiger partial charge in [0, 0.05) is 28.8 Å². The van der Waals surface area contributed by atoms with Crippen LogP contribution in [-0.4, -0.2) is 41.4 Å². The fourth-order valence-corrected chi connectivity index (χ4v) is 4.11. The summed E-state index contributed by atoms with van der Waals surface area (Å²) in [6, 6.07) is 16.9. The number of non-ortho nitro benzene ring substituents is 1. The van der Waals surface area contributed by atoms with Gasteiger partial charge in [-0.1, -0.05) is 30.3 Å². The Kier molecular flexibility index (Phi) is 7.36. The highest BCUT2D eigenvalue weighted by Gasteiger charge is 2.16. The predicted octanol–water partition coefficient (Wildman–Crippen LogP) is 5.70. The number of allylic oxidation sites excluding steroid dienone is 1. The lowest BCUT2D eigenvalue weighted by atomic mass is 10.1. The fourth-order valence-electron chi connectivity index (χ4n) is 3.42. The Balaban J connectivity index is 1.48. The number of ether oxygens (including phenoxy) is 3. The van der Waals surface area contributed by atoms with E-state index in [1.54, 1.807) is 30.3 Å². The van der Waals surface area contributed by atoms with Crippen molar-refractivity contribution in [1.29, 1.82) is 0 Å². The number of carbonyl (C=O) groups is 1. The smallest absolute Gasteiger partial charge is 0.269 e. The molecule has 0 fully saturated rings. The van der Waals surface area contributed by atoms with Gasteiger partial charge in [0.05, 0.1) is 26.3 Å². The van der Waals surface area contributed by atoms with E-state index in [0.29, 0.717) is 33.6 Å². The molecule has 0 bridgehead atoms. The van der Waals surface area contributed by atoms with E-state index in [0.717, 1.165) is 16.7 Å². The van der Waals surface area contributed by atoms with Crippen LogP contribution in [0.5, 0.6) is 17.2 Å². The quantitative estimate of drug-likeness (QED) is 0.124. The van der Waals surface area contributed by atoms with Crippen molar-refractivity contribution in [1.82, 2.24) is 9.36 Å². The molecule has 36 heavy (non-hydrogen) atoms. The highest BCUT2D eigenvalue weighted by molar-refractivity contribution is 7.09. The summed E-state index contributed by atoms with van der Waals surface area (Å²) >= 11 is 1.22. The zero-order chi connectivity index (χ0) is 25.7. The van der Waals surface area contributed by atoms with Crippen molar-refractivity contribution in [3.63, 3.8) is 0 Å². The molecule has 182 valence electrons. The molecule has 0 radical (unpaired) electrons. The third-order valence-corrected chi connectivity index (χ3v) is 6.06. The molecule has 1 heterocycles. The van der Waals surface area contributed by atoms with Gasteiger partial charge in [-0.05, 0) is 47.4 Å². The molecule has 10 heteroatoms. The topological polar surface area (TPSA) is 114 Å². The molecule has 0 saturated heterocycles. The van der Waals surface area contributed by atoms with Gasteiger partial charge in [-0.2, -0.15) is 4.37 Å². The van der Waals surface area contributed by atoms with E-state index in [1.165, 1.54) is 51.1 Å². The molecule has 0 spiro atoms. The molecule has 3 aromatic carbocycles. The van der Waals surface area contributed by atoms with E-state index >= 15 is 0 Å². The second-order valence-corrected chi connectivity index (χ2v) is 8.21. The minimum Gasteiger partial charge on any atom is -0.493 e. The monoisotopic (exact) mass is 503 g/mol. The molecule has 4 rings (SSSR count). The molecule has 0 N–H and O–H groups in total. The van der Waals surface area contributed by atoms with Crippen molar-refractivity contribution < 1.29 is 23.9 Å². The van der Waals surface area contributed by atoms with Crippen molar-refractivity contribution in [2.24, 2.45) is 0 Å². The van der Waals surface area contributed by atoms with Gasteiger partial charge in [-0.3, -0.25) is 14.9 Å². The highest BCUT2D eigenvalue weighted by Crippen LogP contribution is 2.38. The van der Waals surface area contributed by atoms with Crippen LogP contribution >= 0.6 is 11.5 Å². The van der Waals surface area contributed by atoms with Crippen molar-refractivity contribution >= 4 is 29.1 Å². The van der Waals surface area contributed by atoms with Gasteiger partial charge in [0.1, 0.15) is 5.01 Å². The molecule has 0 saturated carbocycles. The maximum atomic E-state index is 12.7. The summed E-state index contributed by atoms with van der Waals surface area (Å²) in [6.07, 6.45) is 3.19. The first kappa shape index (κ1) is 24.6. The van der Waals surface area contributed by atoms with Gasteiger partial charge in [-0.25, -0.2) is 4.98 Å². The van der Waals surface area contributed by atoms with E-state index in [9.17, 15) is 14.9 Å². The number of rotatable bonds is 9. The molecule has 4 aromatic rings. The number of nitro groups is 1. The Hall–Kier alpha value is -4.57. The van der Waals surface area contributed by atoms with Crippen molar-refractivity contribution in [3.05, 3.63) is 88.0 Å². The molecule has 1 aromatic heterocycles. The molecule has 0 atom stereocenters. The fraction of sp³-hybridized carbons (Fsp3) is 0.115. The number of carbonyl (C=O) groups excluding carboxylic acids is 1. The third kappa shape index (κ3) is 5.23. The van der Waals surface area contributed by atoms with Crippen LogP contribution in [0.2, 0.25) is 0 Å². The van der Waals surface area contributed by atoms with Crippen LogP contribution in [0.4, 0.5) is 5.69 Å². The van der Waals surface area contributed by atoms with Gasteiger partial charge in [0.2, 0.25) is 5.75 Å². The van der Waals surface area contributed by atoms with Crippen LogP contribution in [0.25, 0.3) is 28.0 Å². The van der Waals surface area contributed by atoms with Gasteiger partial charge in [-0.15, -0.1) is 0 Å². The zero-order valence-corrected chi connectivity index (χ0v) is 20.4. The number of hydrogen-bond donors (Lipinski definition) is 0. The Bertz CT molecular complexity index is 1400. The number of ketones is 1. The van der Waals surface area contributed by atoms with E-state index in [1.807, 2.05) is 24.3 Å². The first-order valence-corrected chi connectivity index (χ1v) is 11.4. The Morgan fingerprint density at radius 2 is 1.53 bits per heavy atom. The third-order valence-electron chi connectivity index (χ3n) is 5.30. The lowest BCUT2D eigenvalue weighted by molar-refractivity contribution is -0.384. The van der Waals surface area contributed by atoms with E-state index in [4.69, 9.17) is 14.2 Å². The Morgan fingerprint density at radius 1 is 0.917 bits per heavy atom. The SMILES string of the molecule is COc1cc(C(=O)/C=C/c2ccc(-c3nsc(-c4ccc([N+](=O)[O-])cc4)n3)cc2)cc(OC)c1OC. The van der Waals surface area contributed by atoms with Crippen molar-refractivity contribution in [3.8, 4) is 39.2 Å². The van der Waals surface area contributed by atoms with E-state index in [-0.39, 0.29) is 11.5 Å². The maximum Gasteiger partial charge on any atom is 0.269 e. The molecule has 0 aliphatic rings. The second kappa shape index (κ2) is 10.8. The number of aromatic nitrogens is 2. The molecule has 0 aliphatic heterocycles. The number of nitro benzene ring substituents is 1. The lowest BCUT2D eigenvalue weighted by Crippen LogP contribution is -2.00. The van der Waals surface area contributed by atoms with E-state index in [2.05, 4.69) is 9.36 Å². The summed E-state index contributed by atoms with van der Waals surface area (Å²) in [6.45, 7) is 0. The summed E-state index contributed by atoms with van der Waals surface area (Å²) in [4.78, 5) is 27.7. The van der Waals surface area contributed by atoms with Crippen LogP contribution in [0.1, 0.15) is 15.9 Å². The molecule has 0 unspecified atom stereocenters. The summed E-state index contributed by atoms with van der Waals surface area (Å²) < 4.78 is 20.3. The number of hydrogen-bond acceptors (Lipinski definition) is 9. The standard InChI is InChI=1S/C26H21N3O6S/c1-33-22-14-19(15-23(34-2)24(22)35-3)21(30)13-6-16-4-7-17(8-5-16)25-27-26(36-28-25)18-9-11-20(12-10-18)29(31)32/h4-15H,1-3H3/b13-6+. The first-order chi connectivity index (χ1) is 17.4. The number of nitrogens with zero attached hydrogens (tertiary/aromatic N) is 3. The van der Waals surface area contributed by atoms with Crippen LogP contribution in [0, 0.1) is 10.1 Å². The van der Waals surface area contributed by atoms with E-state index < -0.39 is 4.92 Å². The summed E-state index contributed by atoms with van der Waals surface area (Å²) in [5.41, 5.74) is 2.82. The molecule has 0 aliphatic carbocycles. The molecular weight excluding hydrogens is 482 g/mol. The highest BCUT2D eigenvalue weighted by atomic mass is 32.1. The minimum atomic E-state index is -0.441.